The highest BCUT2D eigenvalue weighted by atomic mass is 16.2. The summed E-state index contributed by atoms with van der Waals surface area (Å²) < 4.78 is 1.84. The number of carbonyl (C=O) groups excluding carboxylic acids is 2. The number of pyridine rings is 1. The molecule has 2 rings (SSSR count). The third-order valence-corrected chi connectivity index (χ3v) is 3.91. The molecule has 0 saturated heterocycles. The number of aromatic nitrogens is 1. The van der Waals surface area contributed by atoms with Crippen molar-refractivity contribution in [2.75, 3.05) is 0 Å². The van der Waals surface area contributed by atoms with Crippen LogP contribution in [0.1, 0.15) is 44.2 Å². The van der Waals surface area contributed by atoms with E-state index in [-0.39, 0.29) is 18.5 Å². The van der Waals surface area contributed by atoms with Gasteiger partial charge >= 0.3 is 6.03 Å². The van der Waals surface area contributed by atoms with Crippen LogP contribution in [0.25, 0.3) is 0 Å². The first-order valence-corrected chi connectivity index (χ1v) is 7.69. The summed E-state index contributed by atoms with van der Waals surface area (Å²) in [5.41, 5.74) is 2.70. The van der Waals surface area contributed by atoms with Crippen LogP contribution in [0.4, 0.5) is 4.79 Å². The van der Waals surface area contributed by atoms with E-state index in [4.69, 9.17) is 0 Å². The molecule has 2 N–H and O–H groups in total. The number of nitrogens with one attached hydrogen (secondary N) is 2. The first-order chi connectivity index (χ1) is 10.1. The minimum Gasteiger partial charge on any atom is -0.335 e. The van der Waals surface area contributed by atoms with Crippen LogP contribution in [0.15, 0.2) is 18.5 Å². The van der Waals surface area contributed by atoms with Crippen molar-refractivity contribution in [3.8, 4) is 0 Å². The van der Waals surface area contributed by atoms with E-state index in [0.29, 0.717) is 0 Å². The largest absolute Gasteiger partial charge is 0.335 e. The van der Waals surface area contributed by atoms with E-state index in [9.17, 15) is 9.59 Å². The first kappa shape index (κ1) is 15.5. The summed E-state index contributed by atoms with van der Waals surface area (Å²) in [5.74, 6) is -0.295. The van der Waals surface area contributed by atoms with Crippen molar-refractivity contribution in [2.45, 2.75) is 58.5 Å². The number of imide groups is 1. The molecule has 5 heteroatoms. The Balaban J connectivity index is 1.89. The lowest BCUT2D eigenvalue weighted by molar-refractivity contribution is -0.684. The zero-order valence-electron chi connectivity index (χ0n) is 12.8. The molecule has 0 fully saturated rings. The topological polar surface area (TPSA) is 62.1 Å². The zero-order chi connectivity index (χ0) is 15.2. The van der Waals surface area contributed by atoms with Gasteiger partial charge in [-0.25, -0.2) is 4.79 Å². The van der Waals surface area contributed by atoms with E-state index in [2.05, 4.69) is 16.7 Å². The molecule has 1 aliphatic carbocycles. The molecular formula is C16H24N3O2+. The van der Waals surface area contributed by atoms with E-state index >= 15 is 0 Å². The Kier molecular flexibility index (Phi) is 5.31. The summed E-state index contributed by atoms with van der Waals surface area (Å²) in [6.45, 7) is 4.05. The van der Waals surface area contributed by atoms with E-state index in [1.165, 1.54) is 24.0 Å². The molecule has 114 valence electrons. The van der Waals surface area contributed by atoms with Gasteiger partial charge in [-0.1, -0.05) is 6.92 Å². The van der Waals surface area contributed by atoms with Crippen molar-refractivity contribution in [2.24, 2.45) is 0 Å². The van der Waals surface area contributed by atoms with Gasteiger partial charge in [0.2, 0.25) is 6.54 Å². The fourth-order valence-corrected chi connectivity index (χ4v) is 2.51. The maximum atomic E-state index is 11.9. The summed E-state index contributed by atoms with van der Waals surface area (Å²) in [6.07, 6.45) is 9.43. The fourth-order valence-electron chi connectivity index (χ4n) is 2.51. The Morgan fingerprint density at radius 2 is 2.00 bits per heavy atom. The highest BCUT2D eigenvalue weighted by Crippen LogP contribution is 2.18. The van der Waals surface area contributed by atoms with Crippen LogP contribution in [0.2, 0.25) is 0 Å². The van der Waals surface area contributed by atoms with Gasteiger partial charge in [-0.2, -0.15) is 4.57 Å². The average Bonchev–Trinajstić information content (AvgIpc) is 2.46. The van der Waals surface area contributed by atoms with Crippen molar-refractivity contribution in [3.05, 3.63) is 29.6 Å². The molecule has 0 radical (unpaired) electrons. The standard InChI is InChI=1S/C16H23N3O2/c1-3-12(2)17-16(21)18-15(20)11-19-9-8-13-6-4-5-7-14(13)10-19/h8-10,12H,3-7,11H2,1-2H3,(H-,17,18,20,21)/p+1/t12-/m1/s1. The quantitative estimate of drug-likeness (QED) is 0.825. The number of urea groups is 1. The second kappa shape index (κ2) is 7.20. The van der Waals surface area contributed by atoms with E-state index < -0.39 is 6.03 Å². The molecule has 1 atom stereocenters. The van der Waals surface area contributed by atoms with E-state index in [1.807, 2.05) is 30.8 Å². The van der Waals surface area contributed by atoms with Crippen LogP contribution in [0.3, 0.4) is 0 Å². The molecule has 5 nitrogen and oxygen atoms in total. The lowest BCUT2D eigenvalue weighted by Crippen LogP contribution is -2.49. The van der Waals surface area contributed by atoms with Gasteiger partial charge in [0.25, 0.3) is 5.91 Å². The maximum absolute atomic E-state index is 11.9. The second-order valence-electron chi connectivity index (χ2n) is 5.71. The van der Waals surface area contributed by atoms with Crippen molar-refractivity contribution < 1.29 is 14.2 Å². The fraction of sp³-hybridized carbons (Fsp3) is 0.562. The minimum absolute atomic E-state index is 0.0641. The van der Waals surface area contributed by atoms with Crippen LogP contribution >= 0.6 is 0 Å². The molecule has 0 saturated carbocycles. The third-order valence-electron chi connectivity index (χ3n) is 3.91. The van der Waals surface area contributed by atoms with Crippen molar-refractivity contribution in [3.63, 3.8) is 0 Å². The van der Waals surface area contributed by atoms with Gasteiger partial charge in [-0.15, -0.1) is 0 Å². The Morgan fingerprint density at radius 1 is 1.29 bits per heavy atom. The minimum atomic E-state index is -0.423. The van der Waals surface area contributed by atoms with Crippen LogP contribution in [-0.4, -0.2) is 18.0 Å². The molecule has 0 bridgehead atoms. The van der Waals surface area contributed by atoms with Gasteiger partial charge in [0.15, 0.2) is 12.4 Å². The lowest BCUT2D eigenvalue weighted by atomic mass is 9.93. The Morgan fingerprint density at radius 3 is 2.71 bits per heavy atom. The number of rotatable bonds is 4. The van der Waals surface area contributed by atoms with E-state index in [1.54, 1.807) is 0 Å². The summed E-state index contributed by atoms with van der Waals surface area (Å²) in [4.78, 5) is 23.5. The summed E-state index contributed by atoms with van der Waals surface area (Å²) in [7, 11) is 0. The highest BCUT2D eigenvalue weighted by Gasteiger charge is 2.17. The number of amides is 3. The van der Waals surface area contributed by atoms with Crippen molar-refractivity contribution in [1.82, 2.24) is 10.6 Å². The van der Waals surface area contributed by atoms with Gasteiger partial charge in [-0.05, 0) is 44.6 Å². The molecule has 21 heavy (non-hydrogen) atoms. The zero-order valence-corrected chi connectivity index (χ0v) is 12.8. The van der Waals surface area contributed by atoms with E-state index in [0.717, 1.165) is 19.3 Å². The van der Waals surface area contributed by atoms with Gasteiger partial charge in [-0.3, -0.25) is 10.1 Å². The number of nitrogens with zero attached hydrogens (tertiary/aromatic N) is 1. The number of aryl methyl sites for hydroxylation is 2. The SMILES string of the molecule is CC[C@@H](C)NC(=O)NC(=O)C[n+]1ccc2c(c1)CCCC2. The molecular weight excluding hydrogens is 266 g/mol. The molecule has 1 aliphatic rings. The lowest BCUT2D eigenvalue weighted by Gasteiger charge is -2.13. The average molecular weight is 290 g/mol. The van der Waals surface area contributed by atoms with Crippen LogP contribution in [0.5, 0.6) is 0 Å². The van der Waals surface area contributed by atoms with Crippen LogP contribution in [0, 0.1) is 0 Å². The predicted octanol–water partition coefficient (Wildman–Crippen LogP) is 1.48. The summed E-state index contributed by atoms with van der Waals surface area (Å²) in [6, 6.07) is 1.73. The normalized spacial score (nSPS) is 15.0. The van der Waals surface area contributed by atoms with Gasteiger partial charge in [0.1, 0.15) is 0 Å². The molecule has 0 unspecified atom stereocenters. The van der Waals surface area contributed by atoms with Crippen molar-refractivity contribution in [1.29, 1.82) is 0 Å². The summed E-state index contributed by atoms with van der Waals surface area (Å²) >= 11 is 0. The molecule has 1 aromatic heterocycles. The molecule has 3 amide bonds. The van der Waals surface area contributed by atoms with Crippen LogP contribution in [-0.2, 0) is 24.2 Å². The van der Waals surface area contributed by atoms with Crippen LogP contribution < -0.4 is 15.2 Å². The molecule has 1 heterocycles. The predicted molar refractivity (Wildman–Crippen MR) is 79.7 cm³/mol. The number of fused-ring (bicyclic) bond motifs is 1. The molecule has 0 aromatic carbocycles. The number of hydrogen-bond donors (Lipinski definition) is 2. The first-order valence-electron chi connectivity index (χ1n) is 7.69. The number of hydrogen-bond acceptors (Lipinski definition) is 2. The monoisotopic (exact) mass is 290 g/mol. The summed E-state index contributed by atoms with van der Waals surface area (Å²) in [5, 5.41) is 5.08. The maximum Gasteiger partial charge on any atom is 0.321 e. The molecule has 0 spiro atoms. The highest BCUT2D eigenvalue weighted by molar-refractivity contribution is 5.93. The van der Waals surface area contributed by atoms with Crippen molar-refractivity contribution >= 4 is 11.9 Å². The molecule has 0 aliphatic heterocycles. The van der Waals surface area contributed by atoms with Gasteiger partial charge < -0.3 is 5.32 Å². The molecule has 1 aromatic rings. The Bertz CT molecular complexity index is 528. The number of carbonyl (C=O) groups is 2. The Labute approximate surface area is 125 Å². The Hall–Kier alpha value is -1.91. The smallest absolute Gasteiger partial charge is 0.321 e. The second-order valence-corrected chi connectivity index (χ2v) is 5.71. The van der Waals surface area contributed by atoms with Gasteiger partial charge in [0, 0.05) is 17.7 Å². The van der Waals surface area contributed by atoms with Gasteiger partial charge in [0.05, 0.1) is 0 Å². The third kappa shape index (κ3) is 4.55.